The molecule has 124 valence electrons. The molecule has 0 spiro atoms. The smallest absolute Gasteiger partial charge is 0.390 e. The Hall–Kier alpha value is -2.12. The molecule has 8 heteroatoms. The Labute approximate surface area is 127 Å². The van der Waals surface area contributed by atoms with E-state index < -0.39 is 12.6 Å². The van der Waals surface area contributed by atoms with Gasteiger partial charge in [0.15, 0.2) is 5.96 Å². The molecule has 0 atom stereocenters. The molecule has 3 N–H and O–H groups in total. The standard InChI is InChI=1S/C14H20F3N3O2/c1-18-13(20-8-6-14(15,16)17)19-7-5-10-3-4-11(22-2)9-12(10)21/h3-4,9,21H,5-8H2,1-2H3,(H2,18,19,20). The highest BCUT2D eigenvalue weighted by Gasteiger charge is 2.26. The van der Waals surface area contributed by atoms with Crippen LogP contribution < -0.4 is 15.4 Å². The van der Waals surface area contributed by atoms with E-state index in [2.05, 4.69) is 15.6 Å². The summed E-state index contributed by atoms with van der Waals surface area (Å²) in [4.78, 5) is 3.83. The number of alkyl halides is 3. The molecular weight excluding hydrogens is 299 g/mol. The van der Waals surface area contributed by atoms with Crippen LogP contribution in [0, 0.1) is 0 Å². The van der Waals surface area contributed by atoms with Crippen molar-refractivity contribution in [2.75, 3.05) is 27.2 Å². The lowest BCUT2D eigenvalue weighted by atomic mass is 10.1. The second-order valence-corrected chi connectivity index (χ2v) is 4.54. The van der Waals surface area contributed by atoms with Crippen LogP contribution in [0.5, 0.6) is 11.5 Å². The molecule has 22 heavy (non-hydrogen) atoms. The number of aliphatic imine (C=N–C) groups is 1. The number of halogens is 3. The fourth-order valence-electron chi connectivity index (χ4n) is 1.74. The average Bonchev–Trinajstić information content (AvgIpc) is 2.45. The number of aromatic hydroxyl groups is 1. The van der Waals surface area contributed by atoms with Crippen LogP contribution in [0.3, 0.4) is 0 Å². The molecule has 1 aromatic carbocycles. The van der Waals surface area contributed by atoms with Gasteiger partial charge in [-0.2, -0.15) is 13.2 Å². The minimum Gasteiger partial charge on any atom is -0.508 e. The number of ether oxygens (including phenoxy) is 1. The molecule has 0 amide bonds. The summed E-state index contributed by atoms with van der Waals surface area (Å²) in [6.07, 6.45) is -4.62. The average molecular weight is 319 g/mol. The van der Waals surface area contributed by atoms with Crippen LogP contribution in [0.4, 0.5) is 13.2 Å². The van der Waals surface area contributed by atoms with E-state index >= 15 is 0 Å². The Morgan fingerprint density at radius 1 is 1.27 bits per heavy atom. The predicted octanol–water partition coefficient (Wildman–Crippen LogP) is 2.06. The zero-order chi connectivity index (χ0) is 16.6. The van der Waals surface area contributed by atoms with Crippen molar-refractivity contribution in [3.63, 3.8) is 0 Å². The van der Waals surface area contributed by atoms with E-state index in [-0.39, 0.29) is 18.3 Å². The summed E-state index contributed by atoms with van der Waals surface area (Å²) in [5.41, 5.74) is 0.707. The number of hydrogen-bond donors (Lipinski definition) is 3. The van der Waals surface area contributed by atoms with E-state index in [0.29, 0.717) is 24.3 Å². The summed E-state index contributed by atoms with van der Waals surface area (Å²) < 4.78 is 41.1. The quantitative estimate of drug-likeness (QED) is 0.555. The van der Waals surface area contributed by atoms with Crippen molar-refractivity contribution in [3.05, 3.63) is 23.8 Å². The van der Waals surface area contributed by atoms with Crippen LogP contribution in [0.2, 0.25) is 0 Å². The van der Waals surface area contributed by atoms with Crippen molar-refractivity contribution < 1.29 is 23.0 Å². The van der Waals surface area contributed by atoms with E-state index in [0.717, 1.165) is 0 Å². The summed E-state index contributed by atoms with van der Waals surface area (Å²) in [6.45, 7) is 0.183. The van der Waals surface area contributed by atoms with Crippen LogP contribution >= 0.6 is 0 Å². The Balaban J connectivity index is 2.38. The van der Waals surface area contributed by atoms with E-state index in [1.165, 1.54) is 20.2 Å². The zero-order valence-corrected chi connectivity index (χ0v) is 12.5. The Bertz CT molecular complexity index is 505. The molecule has 0 saturated carbocycles. The highest BCUT2D eigenvalue weighted by molar-refractivity contribution is 5.79. The van der Waals surface area contributed by atoms with Gasteiger partial charge >= 0.3 is 6.18 Å². The van der Waals surface area contributed by atoms with Crippen LogP contribution in [0.15, 0.2) is 23.2 Å². The number of hydrogen-bond acceptors (Lipinski definition) is 3. The van der Waals surface area contributed by atoms with Crippen molar-refractivity contribution in [3.8, 4) is 11.5 Å². The highest BCUT2D eigenvalue weighted by Crippen LogP contribution is 2.23. The van der Waals surface area contributed by atoms with Gasteiger partial charge in [-0.05, 0) is 18.1 Å². The fraction of sp³-hybridized carbons (Fsp3) is 0.500. The molecule has 0 aliphatic heterocycles. The van der Waals surface area contributed by atoms with Gasteiger partial charge in [0.1, 0.15) is 11.5 Å². The number of phenolic OH excluding ortho intramolecular Hbond substituents is 1. The lowest BCUT2D eigenvalue weighted by Gasteiger charge is -2.13. The number of rotatable bonds is 6. The van der Waals surface area contributed by atoms with E-state index in [4.69, 9.17) is 4.74 Å². The Morgan fingerprint density at radius 2 is 1.95 bits per heavy atom. The van der Waals surface area contributed by atoms with Gasteiger partial charge in [-0.25, -0.2) is 0 Å². The molecule has 0 aliphatic rings. The molecule has 0 radical (unpaired) electrons. The summed E-state index contributed by atoms with van der Waals surface area (Å²) in [6, 6.07) is 4.97. The number of benzene rings is 1. The first-order chi connectivity index (χ1) is 10.4. The number of guanidine groups is 1. The Kier molecular flexibility index (Phi) is 6.81. The van der Waals surface area contributed by atoms with Crippen molar-refractivity contribution in [2.45, 2.75) is 19.0 Å². The number of nitrogens with zero attached hydrogens (tertiary/aromatic N) is 1. The second kappa shape index (κ2) is 8.35. The minimum absolute atomic E-state index is 0.112. The molecule has 0 fully saturated rings. The van der Waals surface area contributed by atoms with Crippen molar-refractivity contribution >= 4 is 5.96 Å². The molecule has 0 heterocycles. The van der Waals surface area contributed by atoms with Crippen LogP contribution in [-0.2, 0) is 6.42 Å². The molecule has 1 aromatic rings. The van der Waals surface area contributed by atoms with Crippen LogP contribution in [-0.4, -0.2) is 44.5 Å². The molecule has 0 aromatic heterocycles. The third-order valence-electron chi connectivity index (χ3n) is 2.90. The number of methoxy groups -OCH3 is 1. The van der Waals surface area contributed by atoms with Gasteiger partial charge in [-0.1, -0.05) is 6.07 Å². The van der Waals surface area contributed by atoms with Crippen molar-refractivity contribution in [1.82, 2.24) is 10.6 Å². The largest absolute Gasteiger partial charge is 0.508 e. The lowest BCUT2D eigenvalue weighted by molar-refractivity contribution is -0.132. The topological polar surface area (TPSA) is 65.9 Å². The summed E-state index contributed by atoms with van der Waals surface area (Å²) >= 11 is 0. The summed E-state index contributed by atoms with van der Waals surface area (Å²) in [5, 5.41) is 15.3. The van der Waals surface area contributed by atoms with Crippen molar-refractivity contribution in [2.24, 2.45) is 4.99 Å². The molecule has 0 aliphatic carbocycles. The minimum atomic E-state index is -4.19. The summed E-state index contributed by atoms with van der Waals surface area (Å²) in [7, 11) is 2.99. The van der Waals surface area contributed by atoms with Gasteiger partial charge < -0.3 is 20.5 Å². The maximum Gasteiger partial charge on any atom is 0.390 e. The van der Waals surface area contributed by atoms with Crippen LogP contribution in [0.1, 0.15) is 12.0 Å². The van der Waals surface area contributed by atoms with E-state index in [1.54, 1.807) is 12.1 Å². The number of nitrogens with one attached hydrogen (secondary N) is 2. The third-order valence-corrected chi connectivity index (χ3v) is 2.90. The zero-order valence-electron chi connectivity index (χ0n) is 12.5. The van der Waals surface area contributed by atoms with Gasteiger partial charge in [0.05, 0.1) is 13.5 Å². The first kappa shape index (κ1) is 17.9. The third kappa shape index (κ3) is 6.55. The first-order valence-corrected chi connectivity index (χ1v) is 6.73. The molecule has 0 unspecified atom stereocenters. The fourth-order valence-corrected chi connectivity index (χ4v) is 1.74. The predicted molar refractivity (Wildman–Crippen MR) is 78.4 cm³/mol. The van der Waals surface area contributed by atoms with E-state index in [9.17, 15) is 18.3 Å². The van der Waals surface area contributed by atoms with Gasteiger partial charge in [0, 0.05) is 26.2 Å². The van der Waals surface area contributed by atoms with Gasteiger partial charge in [0.25, 0.3) is 0 Å². The lowest BCUT2D eigenvalue weighted by Crippen LogP contribution is -2.39. The van der Waals surface area contributed by atoms with Crippen LogP contribution in [0.25, 0.3) is 0 Å². The monoisotopic (exact) mass is 319 g/mol. The molecule has 0 bridgehead atoms. The maximum atomic E-state index is 12.1. The highest BCUT2D eigenvalue weighted by atomic mass is 19.4. The molecule has 1 rings (SSSR count). The molecule has 0 saturated heterocycles. The van der Waals surface area contributed by atoms with Gasteiger partial charge in [-0.15, -0.1) is 0 Å². The molecule has 5 nitrogen and oxygen atoms in total. The first-order valence-electron chi connectivity index (χ1n) is 6.73. The van der Waals surface area contributed by atoms with Crippen molar-refractivity contribution in [1.29, 1.82) is 0 Å². The second-order valence-electron chi connectivity index (χ2n) is 4.54. The van der Waals surface area contributed by atoms with Gasteiger partial charge in [-0.3, -0.25) is 4.99 Å². The number of phenols is 1. The summed E-state index contributed by atoms with van der Waals surface area (Å²) in [5.74, 6) is 0.956. The maximum absolute atomic E-state index is 12.1. The van der Waals surface area contributed by atoms with Gasteiger partial charge in [0.2, 0.25) is 0 Å². The SMILES string of the molecule is CN=C(NCCc1ccc(OC)cc1O)NCCC(F)(F)F. The Morgan fingerprint density at radius 3 is 2.50 bits per heavy atom. The van der Waals surface area contributed by atoms with E-state index in [1.807, 2.05) is 0 Å². The normalized spacial score (nSPS) is 12.1. The molecular formula is C14H20F3N3O2.